The molecule has 1 unspecified atom stereocenters. The highest BCUT2D eigenvalue weighted by molar-refractivity contribution is 5.97. The Kier molecular flexibility index (Phi) is 10.1. The highest BCUT2D eigenvalue weighted by Crippen LogP contribution is 2.31. The summed E-state index contributed by atoms with van der Waals surface area (Å²) in [4.78, 5) is 24.3. The van der Waals surface area contributed by atoms with E-state index in [9.17, 15) is 9.59 Å². The first-order valence-electron chi connectivity index (χ1n) is 9.56. The van der Waals surface area contributed by atoms with Crippen LogP contribution in [0.1, 0.15) is 47.5 Å². The van der Waals surface area contributed by atoms with Gasteiger partial charge >= 0.3 is 6.09 Å². The van der Waals surface area contributed by atoms with Crippen molar-refractivity contribution in [2.75, 3.05) is 25.1 Å². The first-order valence-corrected chi connectivity index (χ1v) is 9.56. The molecule has 0 radical (unpaired) electrons. The van der Waals surface area contributed by atoms with Crippen LogP contribution < -0.4 is 20.1 Å². The minimum atomic E-state index is -0.708. The van der Waals surface area contributed by atoms with Crippen molar-refractivity contribution in [1.82, 2.24) is 5.32 Å². The summed E-state index contributed by atoms with van der Waals surface area (Å²) in [6.07, 6.45) is 1.14. The third-order valence-electron chi connectivity index (χ3n) is 3.63. The minimum Gasteiger partial charge on any atom is -0.490 e. The number of anilines is 1. The van der Waals surface area contributed by atoms with Crippen molar-refractivity contribution in [3.05, 3.63) is 18.2 Å². The number of hydrogen-bond acceptors (Lipinski definition) is 5. The Labute approximate surface area is 161 Å². The zero-order valence-corrected chi connectivity index (χ0v) is 17.0. The Morgan fingerprint density at radius 1 is 1.00 bits per heavy atom. The van der Waals surface area contributed by atoms with E-state index in [-0.39, 0.29) is 18.4 Å². The second kappa shape index (κ2) is 12.0. The van der Waals surface area contributed by atoms with Crippen LogP contribution in [-0.2, 0) is 9.53 Å². The van der Waals surface area contributed by atoms with E-state index in [1.165, 1.54) is 0 Å². The van der Waals surface area contributed by atoms with Crippen molar-refractivity contribution in [1.29, 1.82) is 0 Å². The van der Waals surface area contributed by atoms with E-state index in [2.05, 4.69) is 10.6 Å². The van der Waals surface area contributed by atoms with Crippen molar-refractivity contribution in [3.8, 4) is 11.5 Å². The monoisotopic (exact) mass is 380 g/mol. The van der Waals surface area contributed by atoms with Crippen molar-refractivity contribution in [3.63, 3.8) is 0 Å². The molecule has 0 aliphatic carbocycles. The van der Waals surface area contributed by atoms with Gasteiger partial charge in [-0.05, 0) is 37.8 Å². The van der Waals surface area contributed by atoms with Crippen LogP contribution in [-0.4, -0.2) is 37.9 Å². The van der Waals surface area contributed by atoms with Gasteiger partial charge in [0.25, 0.3) is 0 Å². The fourth-order valence-corrected chi connectivity index (χ4v) is 2.30. The summed E-state index contributed by atoms with van der Waals surface area (Å²) < 4.78 is 16.3. The molecule has 0 spiro atoms. The number of nitrogens with one attached hydrogen (secondary N) is 2. The van der Waals surface area contributed by atoms with Gasteiger partial charge in [-0.15, -0.1) is 0 Å². The fourth-order valence-electron chi connectivity index (χ4n) is 2.30. The maximum atomic E-state index is 12.6. The Bertz CT molecular complexity index is 604. The predicted octanol–water partition coefficient (Wildman–Crippen LogP) is 3.97. The van der Waals surface area contributed by atoms with E-state index < -0.39 is 12.1 Å². The van der Waals surface area contributed by atoms with Crippen molar-refractivity contribution >= 4 is 17.7 Å². The van der Waals surface area contributed by atoms with Gasteiger partial charge in [0.15, 0.2) is 11.5 Å². The average Bonchev–Trinajstić information content (AvgIpc) is 2.63. The quantitative estimate of drug-likeness (QED) is 0.607. The van der Waals surface area contributed by atoms with Crippen LogP contribution in [0.3, 0.4) is 0 Å². The lowest BCUT2D eigenvalue weighted by molar-refractivity contribution is -0.119. The van der Waals surface area contributed by atoms with Crippen LogP contribution in [0.15, 0.2) is 18.2 Å². The normalized spacial score (nSPS) is 11.6. The van der Waals surface area contributed by atoms with Gasteiger partial charge < -0.3 is 24.8 Å². The number of carbonyl (C=O) groups is 2. The van der Waals surface area contributed by atoms with Gasteiger partial charge in [-0.25, -0.2) is 4.79 Å². The number of hydrogen-bond donors (Lipinski definition) is 2. The van der Waals surface area contributed by atoms with E-state index in [0.29, 0.717) is 30.4 Å². The Hall–Kier alpha value is -2.44. The molecule has 1 aromatic rings. The second-order valence-electron chi connectivity index (χ2n) is 6.43. The topological polar surface area (TPSA) is 85.9 Å². The Balaban J connectivity index is 2.90. The van der Waals surface area contributed by atoms with Gasteiger partial charge in [-0.2, -0.15) is 0 Å². The van der Waals surface area contributed by atoms with Crippen LogP contribution >= 0.6 is 0 Å². The largest absolute Gasteiger partial charge is 0.490 e. The van der Waals surface area contributed by atoms with Crippen LogP contribution in [0.2, 0.25) is 0 Å². The summed E-state index contributed by atoms with van der Waals surface area (Å²) in [7, 11) is 0. The van der Waals surface area contributed by atoms with Crippen molar-refractivity contribution in [2.24, 2.45) is 5.92 Å². The molecule has 0 heterocycles. The van der Waals surface area contributed by atoms with Crippen LogP contribution in [0.4, 0.5) is 10.5 Å². The highest BCUT2D eigenvalue weighted by Gasteiger charge is 2.25. The lowest BCUT2D eigenvalue weighted by Gasteiger charge is -2.21. The van der Waals surface area contributed by atoms with Gasteiger partial charge in [0.2, 0.25) is 5.91 Å². The Morgan fingerprint density at radius 2 is 1.63 bits per heavy atom. The summed E-state index contributed by atoms with van der Waals surface area (Å²) in [5, 5.41) is 5.42. The molecule has 2 amide bonds. The molecule has 7 nitrogen and oxygen atoms in total. The van der Waals surface area contributed by atoms with Crippen molar-refractivity contribution in [2.45, 2.75) is 53.5 Å². The fraction of sp³-hybridized carbons (Fsp3) is 0.600. The molecule has 1 aromatic carbocycles. The predicted molar refractivity (Wildman–Crippen MR) is 105 cm³/mol. The molecule has 0 aromatic heterocycles. The summed E-state index contributed by atoms with van der Waals surface area (Å²) in [5.74, 6) is 0.815. The lowest BCUT2D eigenvalue weighted by atomic mass is 10.0. The maximum Gasteiger partial charge on any atom is 0.407 e. The van der Waals surface area contributed by atoms with E-state index in [1.54, 1.807) is 25.1 Å². The van der Waals surface area contributed by atoms with Crippen molar-refractivity contribution < 1.29 is 23.8 Å². The molecule has 0 bridgehead atoms. The minimum absolute atomic E-state index is 0.0996. The number of rotatable bonds is 11. The molecule has 1 rings (SSSR count). The number of alkyl carbamates (subject to hydrolysis) is 1. The number of ether oxygens (including phenoxy) is 3. The number of amides is 2. The van der Waals surface area contributed by atoms with Gasteiger partial charge in [-0.1, -0.05) is 27.7 Å². The van der Waals surface area contributed by atoms with Gasteiger partial charge in [0.05, 0.1) is 19.8 Å². The summed E-state index contributed by atoms with van der Waals surface area (Å²) >= 11 is 0. The maximum absolute atomic E-state index is 12.6. The molecule has 27 heavy (non-hydrogen) atoms. The van der Waals surface area contributed by atoms with E-state index in [4.69, 9.17) is 14.2 Å². The van der Waals surface area contributed by atoms with E-state index in [1.807, 2.05) is 27.7 Å². The molecular weight excluding hydrogens is 348 g/mol. The smallest absolute Gasteiger partial charge is 0.407 e. The molecule has 2 N–H and O–H groups in total. The molecule has 7 heteroatoms. The molecule has 0 fully saturated rings. The molecular formula is C20H32N2O5. The number of carbonyl (C=O) groups excluding carboxylic acids is 2. The summed E-state index contributed by atoms with van der Waals surface area (Å²) in [6.45, 7) is 10.9. The van der Waals surface area contributed by atoms with Crippen LogP contribution in [0.25, 0.3) is 0 Å². The number of benzene rings is 1. The molecule has 0 saturated carbocycles. The first-order chi connectivity index (χ1) is 12.9. The third kappa shape index (κ3) is 7.76. The highest BCUT2D eigenvalue weighted by atomic mass is 16.5. The standard InChI is InChI=1S/C20H32N2O5/c1-6-11-26-16-10-9-15(13-17(16)27-12-7-2)21-19(23)18(14(4)5)22-20(24)25-8-3/h9-10,13-14,18H,6-8,11-12H2,1-5H3,(H,21,23)(H,22,24). The van der Waals surface area contributed by atoms with Gasteiger partial charge in [-0.3, -0.25) is 4.79 Å². The average molecular weight is 380 g/mol. The molecule has 0 saturated heterocycles. The molecule has 0 aliphatic heterocycles. The first kappa shape index (κ1) is 22.6. The summed E-state index contributed by atoms with van der Waals surface area (Å²) in [6, 6.07) is 4.56. The van der Waals surface area contributed by atoms with E-state index >= 15 is 0 Å². The molecule has 152 valence electrons. The lowest BCUT2D eigenvalue weighted by Crippen LogP contribution is -2.47. The molecule has 1 atom stereocenters. The van der Waals surface area contributed by atoms with Crippen LogP contribution in [0, 0.1) is 5.92 Å². The van der Waals surface area contributed by atoms with Gasteiger partial charge in [0.1, 0.15) is 6.04 Å². The van der Waals surface area contributed by atoms with Gasteiger partial charge in [0, 0.05) is 11.8 Å². The second-order valence-corrected chi connectivity index (χ2v) is 6.43. The molecule has 0 aliphatic rings. The zero-order chi connectivity index (χ0) is 20.2. The third-order valence-corrected chi connectivity index (χ3v) is 3.63. The zero-order valence-electron chi connectivity index (χ0n) is 17.0. The van der Waals surface area contributed by atoms with Crippen LogP contribution in [0.5, 0.6) is 11.5 Å². The SMILES string of the molecule is CCCOc1ccc(NC(=O)C(NC(=O)OCC)C(C)C)cc1OCCC. The summed E-state index contributed by atoms with van der Waals surface area (Å²) in [5.41, 5.74) is 0.575. The van der Waals surface area contributed by atoms with E-state index in [0.717, 1.165) is 12.8 Å². The Morgan fingerprint density at radius 3 is 2.19 bits per heavy atom.